The summed E-state index contributed by atoms with van der Waals surface area (Å²) in [5.41, 5.74) is 0.876. The molecule has 0 bridgehead atoms. The highest BCUT2D eigenvalue weighted by Gasteiger charge is 2.30. The van der Waals surface area contributed by atoms with Crippen LogP contribution in [0.2, 0.25) is 0 Å². The summed E-state index contributed by atoms with van der Waals surface area (Å²) in [4.78, 5) is 21.6. The van der Waals surface area contributed by atoms with Gasteiger partial charge in [0.05, 0.1) is 0 Å². The van der Waals surface area contributed by atoms with Crippen LogP contribution >= 0.6 is 15.9 Å². The van der Waals surface area contributed by atoms with E-state index in [-0.39, 0.29) is 10.7 Å². The number of alkyl halides is 1. The molecule has 0 saturated carbocycles. The van der Waals surface area contributed by atoms with E-state index in [1.54, 1.807) is 11.1 Å². The van der Waals surface area contributed by atoms with Gasteiger partial charge in [-0.3, -0.25) is 9.69 Å². The van der Waals surface area contributed by atoms with Gasteiger partial charge in [-0.2, -0.15) is 0 Å². The molecule has 0 radical (unpaired) electrons. The molecule has 4 nitrogen and oxygen atoms in total. The van der Waals surface area contributed by atoms with Crippen molar-refractivity contribution in [1.82, 2.24) is 9.97 Å². The highest BCUT2D eigenvalue weighted by Crippen LogP contribution is 2.21. The first-order valence-electron chi connectivity index (χ1n) is 4.41. The van der Waals surface area contributed by atoms with E-state index in [1.165, 1.54) is 0 Å². The van der Waals surface area contributed by atoms with Crippen LogP contribution in [-0.4, -0.2) is 27.2 Å². The fraction of sp³-hybridized carbons (Fsp3) is 0.444. The molecule has 2 rings (SSSR count). The van der Waals surface area contributed by atoms with E-state index in [1.807, 2.05) is 13.0 Å². The predicted molar refractivity (Wildman–Crippen MR) is 56.5 cm³/mol. The minimum Gasteiger partial charge on any atom is -0.280 e. The molecule has 1 aromatic rings. The molecule has 1 aliphatic heterocycles. The van der Waals surface area contributed by atoms with Gasteiger partial charge in [0.1, 0.15) is 0 Å². The van der Waals surface area contributed by atoms with Gasteiger partial charge in [0.15, 0.2) is 0 Å². The number of carbonyl (C=O) groups is 1. The van der Waals surface area contributed by atoms with Crippen molar-refractivity contribution in [3.8, 4) is 0 Å². The minimum absolute atomic E-state index is 0.0810. The van der Waals surface area contributed by atoms with Gasteiger partial charge in [-0.15, -0.1) is 0 Å². The van der Waals surface area contributed by atoms with Crippen LogP contribution in [0.15, 0.2) is 12.3 Å². The van der Waals surface area contributed by atoms with Crippen LogP contribution in [-0.2, 0) is 4.79 Å². The molecule has 1 aromatic heterocycles. The molecule has 1 fully saturated rings. The van der Waals surface area contributed by atoms with Crippen LogP contribution in [0.25, 0.3) is 0 Å². The van der Waals surface area contributed by atoms with Crippen molar-refractivity contribution < 1.29 is 4.79 Å². The maximum Gasteiger partial charge on any atom is 0.232 e. The molecule has 74 valence electrons. The van der Waals surface area contributed by atoms with Crippen LogP contribution in [0.3, 0.4) is 0 Å². The number of nitrogens with zero attached hydrogens (tertiary/aromatic N) is 3. The first-order chi connectivity index (χ1) is 6.66. The monoisotopic (exact) mass is 255 g/mol. The maximum atomic E-state index is 11.5. The molecule has 5 heteroatoms. The Morgan fingerprint density at radius 3 is 3.00 bits per heavy atom. The highest BCUT2D eigenvalue weighted by molar-refractivity contribution is 9.09. The van der Waals surface area contributed by atoms with Gasteiger partial charge in [-0.25, -0.2) is 9.97 Å². The van der Waals surface area contributed by atoms with Gasteiger partial charge in [-0.1, -0.05) is 15.9 Å². The average Bonchev–Trinajstić information content (AvgIpc) is 2.45. The zero-order chi connectivity index (χ0) is 10.1. The second-order valence-corrected chi connectivity index (χ2v) is 4.60. The van der Waals surface area contributed by atoms with Crippen molar-refractivity contribution in [1.29, 1.82) is 0 Å². The van der Waals surface area contributed by atoms with Gasteiger partial charge in [-0.05, 0) is 13.0 Å². The van der Waals surface area contributed by atoms with Crippen LogP contribution in [0.1, 0.15) is 12.1 Å². The van der Waals surface area contributed by atoms with Gasteiger partial charge in [0.25, 0.3) is 0 Å². The van der Waals surface area contributed by atoms with E-state index in [0.29, 0.717) is 18.9 Å². The Bertz CT molecular complexity index is 369. The van der Waals surface area contributed by atoms with E-state index in [0.717, 1.165) is 5.69 Å². The average molecular weight is 256 g/mol. The maximum absolute atomic E-state index is 11.5. The molecule has 14 heavy (non-hydrogen) atoms. The molecule has 0 aliphatic carbocycles. The Hall–Kier alpha value is -0.970. The topological polar surface area (TPSA) is 46.1 Å². The van der Waals surface area contributed by atoms with Crippen LogP contribution < -0.4 is 4.90 Å². The number of rotatable bonds is 1. The third kappa shape index (κ3) is 1.77. The minimum atomic E-state index is 0.0810. The van der Waals surface area contributed by atoms with Crippen LogP contribution in [0.4, 0.5) is 5.95 Å². The summed E-state index contributed by atoms with van der Waals surface area (Å²) in [6, 6.07) is 1.82. The van der Waals surface area contributed by atoms with E-state index in [9.17, 15) is 4.79 Å². The van der Waals surface area contributed by atoms with Crippen molar-refractivity contribution in [2.75, 3.05) is 11.4 Å². The predicted octanol–water partition coefficient (Wildman–Crippen LogP) is 1.29. The number of carbonyl (C=O) groups excluding carboxylic acids is 1. The van der Waals surface area contributed by atoms with Gasteiger partial charge >= 0.3 is 0 Å². The smallest absolute Gasteiger partial charge is 0.232 e. The van der Waals surface area contributed by atoms with Crippen LogP contribution in [0, 0.1) is 6.92 Å². The Morgan fingerprint density at radius 2 is 2.43 bits per heavy atom. The van der Waals surface area contributed by atoms with Crippen molar-refractivity contribution in [3.63, 3.8) is 0 Å². The number of aryl methyl sites for hydroxylation is 1. The number of anilines is 1. The molecule has 1 aliphatic rings. The molecule has 1 amide bonds. The number of amides is 1. The lowest BCUT2D eigenvalue weighted by atomic mass is 10.4. The van der Waals surface area contributed by atoms with Crippen molar-refractivity contribution in [3.05, 3.63) is 18.0 Å². The Morgan fingerprint density at radius 1 is 1.64 bits per heavy atom. The normalized spacial score (nSPS) is 21.7. The molecule has 0 aromatic carbocycles. The third-order valence-electron chi connectivity index (χ3n) is 2.10. The number of hydrogen-bond acceptors (Lipinski definition) is 3. The summed E-state index contributed by atoms with van der Waals surface area (Å²) < 4.78 is 0. The first kappa shape index (κ1) is 9.58. The lowest BCUT2D eigenvalue weighted by molar-refractivity contribution is -0.117. The zero-order valence-electron chi connectivity index (χ0n) is 7.77. The summed E-state index contributed by atoms with van der Waals surface area (Å²) in [6.07, 6.45) is 2.20. The first-order valence-corrected chi connectivity index (χ1v) is 5.32. The Balaban J connectivity index is 2.27. The summed E-state index contributed by atoms with van der Waals surface area (Å²) in [5, 5.41) is 0. The molecule has 1 saturated heterocycles. The lowest BCUT2D eigenvalue weighted by Gasteiger charge is -2.12. The lowest BCUT2D eigenvalue weighted by Crippen LogP contribution is -2.26. The zero-order valence-corrected chi connectivity index (χ0v) is 9.36. The summed E-state index contributed by atoms with van der Waals surface area (Å²) >= 11 is 3.42. The van der Waals surface area contributed by atoms with E-state index < -0.39 is 0 Å². The number of hydrogen-bond donors (Lipinski definition) is 0. The SMILES string of the molecule is Cc1ccnc(N2CC(Br)CC2=O)n1. The molecule has 2 heterocycles. The molecule has 1 atom stereocenters. The quantitative estimate of drug-likeness (QED) is 0.711. The van der Waals surface area contributed by atoms with E-state index in [4.69, 9.17) is 0 Å². The molecular weight excluding hydrogens is 246 g/mol. The second-order valence-electron chi connectivity index (χ2n) is 3.30. The summed E-state index contributed by atoms with van der Waals surface area (Å²) in [6.45, 7) is 2.54. The largest absolute Gasteiger partial charge is 0.280 e. The number of aromatic nitrogens is 2. The van der Waals surface area contributed by atoms with Gasteiger partial charge in [0, 0.05) is 29.7 Å². The fourth-order valence-corrected chi connectivity index (χ4v) is 1.99. The van der Waals surface area contributed by atoms with E-state index >= 15 is 0 Å². The molecule has 0 N–H and O–H groups in total. The van der Waals surface area contributed by atoms with Crippen molar-refractivity contribution in [2.45, 2.75) is 18.2 Å². The Labute approximate surface area is 90.5 Å². The van der Waals surface area contributed by atoms with Crippen molar-refractivity contribution >= 4 is 27.8 Å². The Kier molecular flexibility index (Phi) is 2.50. The van der Waals surface area contributed by atoms with Gasteiger partial charge < -0.3 is 0 Å². The van der Waals surface area contributed by atoms with Crippen molar-refractivity contribution in [2.24, 2.45) is 0 Å². The highest BCUT2D eigenvalue weighted by atomic mass is 79.9. The standard InChI is InChI=1S/C9H10BrN3O/c1-6-2-3-11-9(12-6)13-5-7(10)4-8(13)14/h2-3,7H,4-5H2,1H3. The second kappa shape index (κ2) is 3.65. The number of halogens is 1. The van der Waals surface area contributed by atoms with E-state index in [2.05, 4.69) is 25.9 Å². The summed E-state index contributed by atoms with van der Waals surface area (Å²) in [7, 11) is 0. The molecular formula is C9H10BrN3O. The van der Waals surface area contributed by atoms with Gasteiger partial charge in [0.2, 0.25) is 11.9 Å². The molecule has 1 unspecified atom stereocenters. The van der Waals surface area contributed by atoms with Crippen LogP contribution in [0.5, 0.6) is 0 Å². The summed E-state index contributed by atoms with van der Waals surface area (Å²) in [5.74, 6) is 0.592. The fourth-order valence-electron chi connectivity index (χ4n) is 1.42. The molecule has 0 spiro atoms. The third-order valence-corrected chi connectivity index (χ3v) is 2.71.